The molecule has 0 atom stereocenters. The summed E-state index contributed by atoms with van der Waals surface area (Å²) in [6.45, 7) is 5.53. The normalized spacial score (nSPS) is 9.27. The van der Waals surface area contributed by atoms with E-state index in [2.05, 4.69) is 42.4 Å². The van der Waals surface area contributed by atoms with Gasteiger partial charge in [-0.15, -0.1) is 0 Å². The second-order valence-electron chi connectivity index (χ2n) is 3.27. The van der Waals surface area contributed by atoms with Crippen LogP contribution in [-0.4, -0.2) is 15.8 Å². The van der Waals surface area contributed by atoms with E-state index in [1.807, 2.05) is 0 Å². The van der Waals surface area contributed by atoms with Crippen LogP contribution < -0.4 is 9.67 Å². The Morgan fingerprint density at radius 1 is 1.67 bits per heavy atom. The highest BCUT2D eigenvalue weighted by Crippen LogP contribution is 1.96. The first kappa shape index (κ1) is 13.5. The van der Waals surface area contributed by atoms with E-state index in [0.717, 1.165) is 6.54 Å². The standard InChI is InChI=1S/C9H17N2.CH2O3/c1-4-5-6-11-8-7-10(3)9(11)2;2-1(3)4/h7-8H,4-6H2,1-3H3;(H2,2,3,4)/q+1;/p-1. The number of nitrogens with zero attached hydrogens (tertiary/aromatic N) is 2. The number of rotatable bonds is 3. The second-order valence-corrected chi connectivity index (χ2v) is 3.27. The zero-order valence-corrected chi connectivity index (χ0v) is 9.43. The van der Waals surface area contributed by atoms with Gasteiger partial charge in [-0.25, -0.2) is 9.13 Å². The minimum Gasteiger partial charge on any atom is -0.565 e. The Morgan fingerprint density at radius 3 is 2.53 bits per heavy atom. The summed E-state index contributed by atoms with van der Waals surface area (Å²) < 4.78 is 4.44. The molecule has 0 spiro atoms. The van der Waals surface area contributed by atoms with Crippen molar-refractivity contribution in [3.05, 3.63) is 18.2 Å². The van der Waals surface area contributed by atoms with Crippen molar-refractivity contribution in [2.45, 2.75) is 33.2 Å². The van der Waals surface area contributed by atoms with Gasteiger partial charge in [0, 0.05) is 6.92 Å². The van der Waals surface area contributed by atoms with E-state index >= 15 is 0 Å². The van der Waals surface area contributed by atoms with Gasteiger partial charge >= 0.3 is 0 Å². The zero-order valence-electron chi connectivity index (χ0n) is 9.43. The van der Waals surface area contributed by atoms with Gasteiger partial charge in [0.25, 0.3) is 5.82 Å². The van der Waals surface area contributed by atoms with E-state index in [4.69, 9.17) is 15.0 Å². The number of aryl methyl sites for hydroxylation is 2. The summed E-state index contributed by atoms with van der Waals surface area (Å²) in [6, 6.07) is 0. The van der Waals surface area contributed by atoms with E-state index in [1.54, 1.807) is 0 Å². The molecule has 1 rings (SSSR count). The molecule has 0 radical (unpaired) electrons. The SMILES string of the molecule is CCCCn1cc[n+](C)c1C.O=C([O-])O. The third-order valence-electron chi connectivity index (χ3n) is 2.15. The van der Waals surface area contributed by atoms with Crippen molar-refractivity contribution >= 4 is 6.16 Å². The first-order valence-corrected chi connectivity index (χ1v) is 4.90. The van der Waals surface area contributed by atoms with Gasteiger partial charge in [-0.2, -0.15) is 0 Å². The average Bonchev–Trinajstić information content (AvgIpc) is 2.44. The maximum Gasteiger partial charge on any atom is 0.253 e. The predicted octanol–water partition coefficient (Wildman–Crippen LogP) is 0.309. The first-order chi connectivity index (χ1) is 6.99. The van der Waals surface area contributed by atoms with Crippen LogP contribution in [0.2, 0.25) is 0 Å². The molecule has 1 aromatic rings. The molecule has 0 saturated heterocycles. The molecule has 0 aliphatic rings. The second kappa shape index (κ2) is 6.86. The largest absolute Gasteiger partial charge is 0.565 e. The number of carboxylic acid groups (broad SMARTS) is 2. The van der Waals surface area contributed by atoms with Crippen LogP contribution >= 0.6 is 0 Å². The molecule has 0 unspecified atom stereocenters. The molecule has 0 amide bonds. The fourth-order valence-corrected chi connectivity index (χ4v) is 1.16. The van der Waals surface area contributed by atoms with Gasteiger partial charge in [0.15, 0.2) is 0 Å². The lowest BCUT2D eigenvalue weighted by Gasteiger charge is -1.95. The number of carbonyl (C=O) groups is 1. The molecule has 0 saturated carbocycles. The Morgan fingerprint density at radius 2 is 2.20 bits per heavy atom. The molecule has 0 fully saturated rings. The van der Waals surface area contributed by atoms with Gasteiger partial charge < -0.3 is 15.0 Å². The van der Waals surface area contributed by atoms with Gasteiger partial charge in [-0.1, -0.05) is 13.3 Å². The van der Waals surface area contributed by atoms with Crippen LogP contribution in [0.15, 0.2) is 12.4 Å². The number of hydrogen-bond donors (Lipinski definition) is 1. The maximum absolute atomic E-state index is 8.44. The van der Waals surface area contributed by atoms with Crippen molar-refractivity contribution in [2.75, 3.05) is 0 Å². The summed E-state index contributed by atoms with van der Waals surface area (Å²) in [5.74, 6) is 1.33. The lowest BCUT2D eigenvalue weighted by atomic mass is 10.3. The topological polar surface area (TPSA) is 69.2 Å². The monoisotopic (exact) mass is 214 g/mol. The average molecular weight is 214 g/mol. The summed E-state index contributed by atoms with van der Waals surface area (Å²) in [5.41, 5.74) is 0. The van der Waals surface area contributed by atoms with Crippen molar-refractivity contribution in [1.29, 1.82) is 0 Å². The molecular weight excluding hydrogens is 196 g/mol. The molecular formula is C10H18N2O3. The zero-order chi connectivity index (χ0) is 11.8. The summed E-state index contributed by atoms with van der Waals surface area (Å²) in [7, 11) is 2.08. The van der Waals surface area contributed by atoms with E-state index in [-0.39, 0.29) is 0 Å². The lowest BCUT2D eigenvalue weighted by Crippen LogP contribution is -2.29. The number of unbranched alkanes of at least 4 members (excludes halogenated alkanes) is 1. The molecule has 0 aromatic carbocycles. The number of imidazole rings is 1. The predicted molar refractivity (Wildman–Crippen MR) is 53.3 cm³/mol. The van der Waals surface area contributed by atoms with Crippen LogP contribution in [-0.2, 0) is 13.6 Å². The summed E-state index contributed by atoms with van der Waals surface area (Å²) in [5, 5.41) is 15.3. The van der Waals surface area contributed by atoms with Gasteiger partial charge in [0.05, 0.1) is 13.6 Å². The number of hydrogen-bond acceptors (Lipinski definition) is 2. The Labute approximate surface area is 89.6 Å². The van der Waals surface area contributed by atoms with Crippen LogP contribution in [0.4, 0.5) is 4.79 Å². The Kier molecular flexibility index (Phi) is 6.17. The van der Waals surface area contributed by atoms with Crippen LogP contribution in [0.3, 0.4) is 0 Å². The van der Waals surface area contributed by atoms with Crippen LogP contribution in [0, 0.1) is 6.92 Å². The van der Waals surface area contributed by atoms with E-state index < -0.39 is 6.16 Å². The van der Waals surface area contributed by atoms with Gasteiger partial charge in [0.2, 0.25) is 6.16 Å². The fourth-order valence-electron chi connectivity index (χ4n) is 1.16. The highest BCUT2D eigenvalue weighted by atomic mass is 16.6. The van der Waals surface area contributed by atoms with Crippen LogP contribution in [0.1, 0.15) is 25.6 Å². The van der Waals surface area contributed by atoms with Gasteiger partial charge in [-0.05, 0) is 6.42 Å². The highest BCUT2D eigenvalue weighted by Gasteiger charge is 2.06. The summed E-state index contributed by atoms with van der Waals surface area (Å²) in [6.07, 6.45) is 4.70. The summed E-state index contributed by atoms with van der Waals surface area (Å²) >= 11 is 0. The summed E-state index contributed by atoms with van der Waals surface area (Å²) in [4.78, 5) is 8.44. The molecule has 1 aromatic heterocycles. The van der Waals surface area contributed by atoms with Crippen molar-refractivity contribution in [1.82, 2.24) is 4.57 Å². The minimum atomic E-state index is -2.08. The first-order valence-electron chi connectivity index (χ1n) is 4.90. The minimum absolute atomic E-state index is 1.16. The highest BCUT2D eigenvalue weighted by molar-refractivity contribution is 5.50. The Bertz CT molecular complexity index is 304. The fraction of sp³-hybridized carbons (Fsp3) is 0.600. The lowest BCUT2D eigenvalue weighted by molar-refractivity contribution is -0.677. The maximum atomic E-state index is 8.44. The van der Waals surface area contributed by atoms with Gasteiger partial charge in [-0.3, -0.25) is 0 Å². The molecule has 5 heteroatoms. The third kappa shape index (κ3) is 5.72. The van der Waals surface area contributed by atoms with E-state index in [0.29, 0.717) is 0 Å². The molecule has 1 heterocycles. The Hall–Kier alpha value is -1.52. The molecule has 0 bridgehead atoms. The quantitative estimate of drug-likeness (QED) is 0.736. The molecule has 15 heavy (non-hydrogen) atoms. The van der Waals surface area contributed by atoms with Crippen molar-refractivity contribution < 1.29 is 19.6 Å². The van der Waals surface area contributed by atoms with Crippen LogP contribution in [0.5, 0.6) is 0 Å². The third-order valence-corrected chi connectivity index (χ3v) is 2.15. The van der Waals surface area contributed by atoms with E-state index in [9.17, 15) is 0 Å². The molecule has 0 aliphatic carbocycles. The molecule has 5 nitrogen and oxygen atoms in total. The number of aromatic nitrogens is 2. The molecule has 0 aliphatic heterocycles. The van der Waals surface area contributed by atoms with Crippen molar-refractivity contribution in [3.8, 4) is 0 Å². The van der Waals surface area contributed by atoms with Crippen molar-refractivity contribution in [3.63, 3.8) is 0 Å². The Balaban J connectivity index is 0.000000423. The van der Waals surface area contributed by atoms with Gasteiger partial charge in [0.1, 0.15) is 12.4 Å². The smallest absolute Gasteiger partial charge is 0.253 e. The van der Waals surface area contributed by atoms with Crippen molar-refractivity contribution in [2.24, 2.45) is 7.05 Å². The molecule has 1 N–H and O–H groups in total. The molecule has 86 valence electrons. The van der Waals surface area contributed by atoms with E-state index in [1.165, 1.54) is 18.7 Å². The van der Waals surface area contributed by atoms with Crippen LogP contribution in [0.25, 0.3) is 0 Å².